The fraction of sp³-hybridized carbons (Fsp3) is 0.471. The number of nitrogens with zero attached hydrogens (tertiary/aromatic N) is 6. The van der Waals surface area contributed by atoms with Gasteiger partial charge in [0, 0.05) is 50.3 Å². The fourth-order valence-corrected chi connectivity index (χ4v) is 3.33. The summed E-state index contributed by atoms with van der Waals surface area (Å²) in [5, 5.41) is 8.78. The lowest BCUT2D eigenvalue weighted by atomic mass is 10.1. The molecule has 7 heteroatoms. The molecule has 0 atom stereocenters. The van der Waals surface area contributed by atoms with E-state index in [0.717, 1.165) is 35.4 Å². The van der Waals surface area contributed by atoms with Crippen molar-refractivity contribution in [1.29, 1.82) is 0 Å². The van der Waals surface area contributed by atoms with E-state index in [9.17, 15) is 4.79 Å². The molecule has 1 amide bonds. The molecule has 4 rings (SSSR count). The molecule has 1 aliphatic carbocycles. The van der Waals surface area contributed by atoms with Crippen LogP contribution in [0, 0.1) is 13.8 Å². The number of carbonyl (C=O) groups is 1. The normalized spacial score (nSPS) is 14.5. The standard InChI is InChI=1S/C17H22N6O/c1-11-15(12(2)21(4)19-11)10-22(13-5-6-13)17(24)14-9-18-23-8-7-20(3)16(14)23/h7-9,13H,5-6,10H2,1-4H3. The maximum atomic E-state index is 13.2. The highest BCUT2D eigenvalue weighted by Gasteiger charge is 2.35. The van der Waals surface area contributed by atoms with Crippen molar-refractivity contribution in [2.75, 3.05) is 0 Å². The quantitative estimate of drug-likeness (QED) is 0.735. The summed E-state index contributed by atoms with van der Waals surface area (Å²) in [5.41, 5.74) is 4.75. The highest BCUT2D eigenvalue weighted by atomic mass is 16.2. The van der Waals surface area contributed by atoms with E-state index < -0.39 is 0 Å². The van der Waals surface area contributed by atoms with Crippen LogP contribution in [0.5, 0.6) is 0 Å². The number of rotatable bonds is 4. The van der Waals surface area contributed by atoms with Crippen LogP contribution in [0.15, 0.2) is 18.6 Å². The molecule has 3 aromatic heterocycles. The average molecular weight is 326 g/mol. The number of fused-ring (bicyclic) bond motifs is 1. The first kappa shape index (κ1) is 15.0. The Morgan fingerprint density at radius 3 is 2.67 bits per heavy atom. The van der Waals surface area contributed by atoms with Crippen molar-refractivity contribution in [1.82, 2.24) is 28.9 Å². The van der Waals surface area contributed by atoms with Crippen LogP contribution in [-0.4, -0.2) is 40.8 Å². The van der Waals surface area contributed by atoms with Crippen molar-refractivity contribution in [2.24, 2.45) is 14.1 Å². The van der Waals surface area contributed by atoms with Gasteiger partial charge in [-0.3, -0.25) is 9.48 Å². The highest BCUT2D eigenvalue weighted by molar-refractivity contribution is 6.00. The van der Waals surface area contributed by atoms with Gasteiger partial charge in [0.25, 0.3) is 5.91 Å². The van der Waals surface area contributed by atoms with Crippen LogP contribution in [0.4, 0.5) is 0 Å². The lowest BCUT2D eigenvalue weighted by Crippen LogP contribution is -2.33. The maximum absolute atomic E-state index is 13.2. The molecule has 0 saturated heterocycles. The van der Waals surface area contributed by atoms with Crippen LogP contribution in [-0.2, 0) is 20.6 Å². The molecule has 1 saturated carbocycles. The molecule has 0 unspecified atom stereocenters. The SMILES string of the molecule is Cc1nn(C)c(C)c1CN(C(=O)c1cnn2ccn(C)c12)C1CC1. The highest BCUT2D eigenvalue weighted by Crippen LogP contribution is 2.31. The Labute approximate surface area is 140 Å². The van der Waals surface area contributed by atoms with Crippen molar-refractivity contribution in [3.8, 4) is 0 Å². The molecule has 1 fully saturated rings. The second-order valence-corrected chi connectivity index (χ2v) is 6.67. The number of hydrogen-bond acceptors (Lipinski definition) is 3. The van der Waals surface area contributed by atoms with Crippen molar-refractivity contribution in [3.63, 3.8) is 0 Å². The van der Waals surface area contributed by atoms with Gasteiger partial charge in [-0.1, -0.05) is 0 Å². The zero-order valence-corrected chi connectivity index (χ0v) is 14.5. The number of amides is 1. The minimum atomic E-state index is 0.0527. The van der Waals surface area contributed by atoms with Gasteiger partial charge in [-0.05, 0) is 26.7 Å². The lowest BCUT2D eigenvalue weighted by Gasteiger charge is -2.22. The van der Waals surface area contributed by atoms with Crippen LogP contribution in [0.2, 0.25) is 0 Å². The van der Waals surface area contributed by atoms with Gasteiger partial charge in [0.2, 0.25) is 0 Å². The third-order valence-electron chi connectivity index (χ3n) is 5.00. The summed E-state index contributed by atoms with van der Waals surface area (Å²) in [6.07, 6.45) is 7.60. The van der Waals surface area contributed by atoms with Gasteiger partial charge in [-0.2, -0.15) is 10.2 Å². The summed E-state index contributed by atoms with van der Waals surface area (Å²) in [4.78, 5) is 15.2. The molecule has 0 aromatic carbocycles. The minimum absolute atomic E-state index is 0.0527. The van der Waals surface area contributed by atoms with Gasteiger partial charge in [0.15, 0.2) is 0 Å². The van der Waals surface area contributed by atoms with Crippen LogP contribution in [0.1, 0.15) is 40.2 Å². The molecule has 7 nitrogen and oxygen atoms in total. The molecule has 0 spiro atoms. The van der Waals surface area contributed by atoms with Gasteiger partial charge in [0.05, 0.1) is 11.9 Å². The molecule has 1 aliphatic rings. The molecule has 0 aliphatic heterocycles. The summed E-state index contributed by atoms with van der Waals surface area (Å²) in [5.74, 6) is 0.0527. The number of hydrogen-bond donors (Lipinski definition) is 0. The Morgan fingerprint density at radius 2 is 2.04 bits per heavy atom. The second-order valence-electron chi connectivity index (χ2n) is 6.67. The molecule has 24 heavy (non-hydrogen) atoms. The molecular formula is C17H22N6O. The maximum Gasteiger partial charge on any atom is 0.259 e. The molecule has 0 N–H and O–H groups in total. The summed E-state index contributed by atoms with van der Waals surface area (Å²) >= 11 is 0. The van der Waals surface area contributed by atoms with Gasteiger partial charge >= 0.3 is 0 Å². The van der Waals surface area contributed by atoms with Crippen LogP contribution in [0.25, 0.3) is 5.65 Å². The van der Waals surface area contributed by atoms with E-state index in [1.807, 2.05) is 47.6 Å². The van der Waals surface area contributed by atoms with E-state index >= 15 is 0 Å². The van der Waals surface area contributed by atoms with Crippen LogP contribution >= 0.6 is 0 Å². The number of aromatic nitrogens is 5. The molecular weight excluding hydrogens is 304 g/mol. The molecule has 126 valence electrons. The summed E-state index contributed by atoms with van der Waals surface area (Å²) in [6.45, 7) is 4.67. The van der Waals surface area contributed by atoms with Gasteiger partial charge < -0.3 is 9.47 Å². The van der Waals surface area contributed by atoms with Gasteiger partial charge in [-0.25, -0.2) is 4.52 Å². The van der Waals surface area contributed by atoms with Crippen molar-refractivity contribution >= 4 is 11.6 Å². The van der Waals surface area contributed by atoms with E-state index in [4.69, 9.17) is 0 Å². The lowest BCUT2D eigenvalue weighted by molar-refractivity contribution is 0.0731. The number of aryl methyl sites for hydroxylation is 3. The minimum Gasteiger partial charge on any atom is -0.334 e. The van der Waals surface area contributed by atoms with Crippen LogP contribution in [0.3, 0.4) is 0 Å². The first-order valence-corrected chi connectivity index (χ1v) is 8.26. The topological polar surface area (TPSA) is 60.4 Å². The van der Waals surface area contributed by atoms with E-state index in [0.29, 0.717) is 18.2 Å². The summed E-state index contributed by atoms with van der Waals surface area (Å²) in [7, 11) is 3.88. The largest absolute Gasteiger partial charge is 0.334 e. The fourth-order valence-electron chi connectivity index (χ4n) is 3.33. The van der Waals surface area contributed by atoms with Crippen molar-refractivity contribution in [3.05, 3.63) is 41.1 Å². The molecule has 3 aromatic rings. The molecule has 0 bridgehead atoms. The third kappa shape index (κ3) is 2.23. The Balaban J connectivity index is 1.71. The van der Waals surface area contributed by atoms with E-state index in [-0.39, 0.29) is 5.91 Å². The van der Waals surface area contributed by atoms with Gasteiger partial charge in [-0.15, -0.1) is 0 Å². The summed E-state index contributed by atoms with van der Waals surface area (Å²) in [6, 6.07) is 0.326. The predicted octanol–water partition coefficient (Wildman–Crippen LogP) is 1.83. The van der Waals surface area contributed by atoms with Crippen molar-refractivity contribution in [2.45, 2.75) is 39.3 Å². The predicted molar refractivity (Wildman–Crippen MR) is 89.7 cm³/mol. The van der Waals surface area contributed by atoms with Gasteiger partial charge in [0.1, 0.15) is 11.2 Å². The second kappa shape index (κ2) is 5.22. The first-order chi connectivity index (χ1) is 11.5. The zero-order valence-electron chi connectivity index (χ0n) is 14.5. The van der Waals surface area contributed by atoms with Crippen molar-refractivity contribution < 1.29 is 4.79 Å². The Kier molecular flexibility index (Phi) is 3.26. The summed E-state index contributed by atoms with van der Waals surface area (Å²) < 4.78 is 5.57. The van der Waals surface area contributed by atoms with E-state index in [1.165, 1.54) is 0 Å². The first-order valence-electron chi connectivity index (χ1n) is 8.26. The Hall–Kier alpha value is -2.57. The van der Waals surface area contributed by atoms with E-state index in [1.54, 1.807) is 10.7 Å². The number of imidazole rings is 1. The Bertz CT molecular complexity index is 927. The smallest absolute Gasteiger partial charge is 0.259 e. The third-order valence-corrected chi connectivity index (χ3v) is 5.00. The zero-order chi connectivity index (χ0) is 17.0. The number of carbonyl (C=O) groups excluding carboxylic acids is 1. The Morgan fingerprint density at radius 1 is 1.29 bits per heavy atom. The molecule has 3 heterocycles. The van der Waals surface area contributed by atoms with Crippen LogP contribution < -0.4 is 0 Å². The van der Waals surface area contributed by atoms with E-state index in [2.05, 4.69) is 17.1 Å². The monoisotopic (exact) mass is 326 g/mol. The molecule has 0 radical (unpaired) electrons. The average Bonchev–Trinajstić information content (AvgIpc) is 3.11.